The van der Waals surface area contributed by atoms with Crippen molar-refractivity contribution in [1.82, 2.24) is 4.90 Å². The highest BCUT2D eigenvalue weighted by atomic mass is 127. The van der Waals surface area contributed by atoms with Gasteiger partial charge in [-0.15, -0.1) is 23.2 Å². The third kappa shape index (κ3) is 4.00. The van der Waals surface area contributed by atoms with Gasteiger partial charge in [0.2, 0.25) is 11.8 Å². The molecule has 0 radical (unpaired) electrons. The van der Waals surface area contributed by atoms with Gasteiger partial charge in [0, 0.05) is 9.49 Å². The summed E-state index contributed by atoms with van der Waals surface area (Å²) >= 11 is 21.9. The molecule has 0 aromatic heterocycles. The number of rotatable bonds is 4. The highest BCUT2D eigenvalue weighted by Crippen LogP contribution is 2.66. The lowest BCUT2D eigenvalue weighted by molar-refractivity contribution is -0.138. The Morgan fingerprint density at radius 1 is 1.05 bits per heavy atom. The number of phenols is 1. The number of fused-ring (bicyclic) bond motifs is 4. The van der Waals surface area contributed by atoms with E-state index in [0.717, 1.165) is 8.47 Å². The minimum Gasteiger partial charge on any atom is -0.504 e. The first-order chi connectivity index (χ1) is 19.4. The zero-order valence-corrected chi connectivity index (χ0v) is 28.7. The van der Waals surface area contributed by atoms with Crippen molar-refractivity contribution in [1.29, 1.82) is 0 Å². The fourth-order valence-corrected chi connectivity index (χ4v) is 9.30. The summed E-state index contributed by atoms with van der Waals surface area (Å²) in [5.41, 5.74) is 1.54. The predicted molar refractivity (Wildman–Crippen MR) is 172 cm³/mol. The number of halogens is 5. The molecule has 214 valence electrons. The van der Waals surface area contributed by atoms with Crippen LogP contribution in [0.4, 0.5) is 5.69 Å². The second-order valence-electron chi connectivity index (χ2n) is 10.5. The number of hydrogen-bond acceptors (Lipinski definition) is 6. The zero-order valence-electron chi connectivity index (χ0n) is 21.2. The lowest BCUT2D eigenvalue weighted by Crippen LogP contribution is -2.60. The number of imide groups is 2. The first-order valence-corrected chi connectivity index (χ1v) is 16.6. The number of phenolic OH excluding ortho intramolecular Hbond substituents is 1. The fraction of sp³-hybridized carbons (Fsp3) is 0.357. The average Bonchev–Trinajstić information content (AvgIpc) is 3.28. The quantitative estimate of drug-likeness (QED) is 0.143. The summed E-state index contributed by atoms with van der Waals surface area (Å²) < 4.78 is 6.81. The molecule has 41 heavy (non-hydrogen) atoms. The number of allylic oxidation sites excluding steroid dienone is 2. The normalized spacial score (nSPS) is 32.6. The van der Waals surface area contributed by atoms with Crippen LogP contribution in [0.15, 0.2) is 48.0 Å². The van der Waals surface area contributed by atoms with Crippen LogP contribution in [0.2, 0.25) is 0 Å². The van der Waals surface area contributed by atoms with E-state index in [4.69, 9.17) is 27.9 Å². The topological polar surface area (TPSA) is 104 Å². The molecule has 4 aliphatic rings. The number of amides is 4. The molecule has 2 aromatic carbocycles. The molecule has 6 atom stereocenters. The van der Waals surface area contributed by atoms with Gasteiger partial charge in [0.15, 0.2) is 21.2 Å². The molecule has 3 fully saturated rings. The number of alkyl halides is 3. The van der Waals surface area contributed by atoms with Gasteiger partial charge in [-0.25, -0.2) is 0 Å². The molecule has 4 amide bonds. The molecule has 1 saturated carbocycles. The van der Waals surface area contributed by atoms with E-state index in [0.29, 0.717) is 20.4 Å². The van der Waals surface area contributed by atoms with Crippen LogP contribution in [-0.2, 0) is 19.2 Å². The minimum atomic E-state index is -1.93. The molecule has 0 bridgehead atoms. The van der Waals surface area contributed by atoms with Crippen LogP contribution < -0.4 is 9.64 Å². The van der Waals surface area contributed by atoms with E-state index in [-0.39, 0.29) is 41.6 Å². The number of anilines is 1. The number of likely N-dealkylation sites (tertiary alicyclic amines) is 1. The minimum absolute atomic E-state index is 0.0803. The maximum absolute atomic E-state index is 14.1. The molecule has 2 aliphatic carbocycles. The van der Waals surface area contributed by atoms with Crippen LogP contribution in [0.3, 0.4) is 0 Å². The Morgan fingerprint density at radius 2 is 1.73 bits per heavy atom. The van der Waals surface area contributed by atoms with Gasteiger partial charge in [0.05, 0.1) is 33.7 Å². The predicted octanol–water partition coefficient (Wildman–Crippen LogP) is 5.53. The van der Waals surface area contributed by atoms with E-state index in [1.807, 2.05) is 40.8 Å². The summed E-state index contributed by atoms with van der Waals surface area (Å²) in [4.78, 5) is 53.8. The number of benzene rings is 2. The Morgan fingerprint density at radius 3 is 2.37 bits per heavy atom. The van der Waals surface area contributed by atoms with E-state index < -0.39 is 45.2 Å². The van der Waals surface area contributed by atoms with Crippen molar-refractivity contribution in [2.24, 2.45) is 17.8 Å². The van der Waals surface area contributed by atoms with Gasteiger partial charge in [-0.05, 0) is 106 Å². The van der Waals surface area contributed by atoms with Gasteiger partial charge in [-0.1, -0.05) is 27.6 Å². The number of ether oxygens (including phenoxy) is 1. The van der Waals surface area contributed by atoms with Crippen LogP contribution in [-0.4, -0.2) is 55.9 Å². The lowest BCUT2D eigenvalue weighted by Gasteiger charge is -2.50. The monoisotopic (exact) mass is 884 g/mol. The van der Waals surface area contributed by atoms with Crippen molar-refractivity contribution < 1.29 is 29.0 Å². The first kappa shape index (κ1) is 29.6. The number of nitrogens with zero attached hydrogens (tertiary/aromatic N) is 2. The van der Waals surface area contributed by atoms with Crippen LogP contribution >= 0.6 is 84.3 Å². The number of carbonyl (C=O) groups excluding carboxylic acids is 4. The Bertz CT molecular complexity index is 1570. The molecule has 8 nitrogen and oxygen atoms in total. The summed E-state index contributed by atoms with van der Waals surface area (Å²) in [6.45, 7) is 0. The molecule has 13 heteroatoms. The number of hydrogen-bond donors (Lipinski definition) is 1. The van der Waals surface area contributed by atoms with Crippen molar-refractivity contribution in [3.05, 3.63) is 60.8 Å². The smallest absolute Gasteiger partial charge is 0.254 e. The van der Waals surface area contributed by atoms with E-state index >= 15 is 0 Å². The summed E-state index contributed by atoms with van der Waals surface area (Å²) in [6.07, 6.45) is 2.04. The Hall–Kier alpha value is -1.42. The number of aromatic hydroxyl groups is 1. The van der Waals surface area contributed by atoms with E-state index in [1.165, 1.54) is 12.0 Å². The number of methoxy groups -OCH3 is 1. The molecular formula is C28H21BrCl2I2N2O6. The van der Waals surface area contributed by atoms with Crippen molar-refractivity contribution in [3.8, 4) is 11.5 Å². The van der Waals surface area contributed by atoms with E-state index in [2.05, 4.69) is 38.5 Å². The second kappa shape index (κ2) is 10.3. The molecular weight excluding hydrogens is 865 g/mol. The van der Waals surface area contributed by atoms with Crippen LogP contribution in [0.25, 0.3) is 0 Å². The van der Waals surface area contributed by atoms with Crippen LogP contribution in [0.5, 0.6) is 11.5 Å². The maximum atomic E-state index is 14.1. The summed E-state index contributed by atoms with van der Waals surface area (Å²) in [6, 6.07) is 10.4. The third-order valence-electron chi connectivity index (χ3n) is 8.70. The van der Waals surface area contributed by atoms with Crippen molar-refractivity contribution in [2.45, 2.75) is 28.5 Å². The Balaban J connectivity index is 1.54. The van der Waals surface area contributed by atoms with Crippen molar-refractivity contribution in [2.75, 3.05) is 17.5 Å². The highest BCUT2D eigenvalue weighted by molar-refractivity contribution is 14.1. The van der Waals surface area contributed by atoms with Gasteiger partial charge in [0.25, 0.3) is 11.8 Å². The third-order valence-corrected chi connectivity index (χ3v) is 12.2. The average molecular weight is 886 g/mol. The van der Waals surface area contributed by atoms with Crippen LogP contribution in [0, 0.1) is 24.9 Å². The molecule has 2 saturated heterocycles. The fourth-order valence-electron chi connectivity index (χ4n) is 6.89. The summed E-state index contributed by atoms with van der Waals surface area (Å²) in [7, 11) is 1.41. The Kier molecular flexibility index (Phi) is 7.48. The zero-order chi connectivity index (χ0) is 29.6. The van der Waals surface area contributed by atoms with Gasteiger partial charge < -0.3 is 9.84 Å². The molecule has 0 unspecified atom stereocenters. The molecule has 2 aromatic rings. The van der Waals surface area contributed by atoms with Gasteiger partial charge in [-0.3, -0.25) is 29.0 Å². The standard InChI is InChI=1S/C28H21BrCl2I2N2O6/c1-41-19-9-12(8-18(33)22(19)36)21-15-6-7-16-20(24(38)35(23(16)37)14-4-2-13(32)3-5-14)17(15)10-27(30)25(39)34(11-29)26(40)28(21,27)31/h2-6,8-9,16-17,20-21,36H,7,10-11H2,1H3/t16-,17+,20-,21-,27+,28-/m0/s1. The van der Waals surface area contributed by atoms with Crippen molar-refractivity contribution in [3.63, 3.8) is 0 Å². The molecule has 0 spiro atoms. The molecule has 2 heterocycles. The first-order valence-electron chi connectivity index (χ1n) is 12.6. The Labute approximate surface area is 281 Å². The molecule has 6 rings (SSSR count). The van der Waals surface area contributed by atoms with Gasteiger partial charge in [0.1, 0.15) is 0 Å². The van der Waals surface area contributed by atoms with Gasteiger partial charge in [-0.2, -0.15) is 0 Å². The summed E-state index contributed by atoms with van der Waals surface area (Å²) in [5.74, 6) is -4.93. The molecule has 1 N–H and O–H groups in total. The van der Waals surface area contributed by atoms with Crippen molar-refractivity contribution >= 4 is 114 Å². The highest BCUT2D eigenvalue weighted by Gasteiger charge is 2.76. The lowest BCUT2D eigenvalue weighted by atomic mass is 9.56. The largest absolute Gasteiger partial charge is 0.504 e. The van der Waals surface area contributed by atoms with E-state index in [1.54, 1.807) is 24.3 Å². The maximum Gasteiger partial charge on any atom is 0.254 e. The number of carbonyl (C=O) groups is 4. The second-order valence-corrected chi connectivity index (χ2v) is 14.7. The SMILES string of the molecule is COc1cc([C@H]2C3=CC[C@@H]4C(=O)N(c5ccc(I)cc5)C(=O)[C@@H]4[C@@H]3C[C@@]3(Cl)C(=O)N(CBr)C(=O)[C@@]23Cl)cc(I)c1O. The van der Waals surface area contributed by atoms with E-state index in [9.17, 15) is 24.3 Å². The van der Waals surface area contributed by atoms with Crippen LogP contribution in [0.1, 0.15) is 24.3 Å². The van der Waals surface area contributed by atoms with Gasteiger partial charge >= 0.3 is 0 Å². The summed E-state index contributed by atoms with van der Waals surface area (Å²) in [5, 5.41) is 10.5. The molecule has 2 aliphatic heterocycles.